The molecule has 0 bridgehead atoms. The molecule has 0 spiro atoms. The van der Waals surface area contributed by atoms with Crippen molar-refractivity contribution in [1.82, 2.24) is 10.2 Å². The highest BCUT2D eigenvalue weighted by atomic mass is 16.6. The molecule has 1 aromatic rings. The quantitative estimate of drug-likeness (QED) is 0.567. The molecule has 7 nitrogen and oxygen atoms in total. The summed E-state index contributed by atoms with van der Waals surface area (Å²) in [5.41, 5.74) is 0.743. The smallest absolute Gasteiger partial charge is 0.273 e. The standard InChI is InChI=1S/C19H29N3O4/c1-4-15(5-2)18(21-9-11-26-12-10-21)13-20-19(23)16-7-6-8-17(14(16)3)22(24)25/h6-8,15,18H,4-5,9-13H2,1-3H3,(H,20,23). The van der Waals surface area contributed by atoms with Crippen molar-refractivity contribution in [2.45, 2.75) is 39.7 Å². The van der Waals surface area contributed by atoms with Crippen LogP contribution in [0.25, 0.3) is 0 Å². The lowest BCUT2D eigenvalue weighted by Crippen LogP contribution is -2.52. The van der Waals surface area contributed by atoms with Crippen LogP contribution in [-0.2, 0) is 4.74 Å². The first-order valence-electron chi connectivity index (χ1n) is 9.33. The van der Waals surface area contributed by atoms with Gasteiger partial charge in [-0.1, -0.05) is 32.8 Å². The fourth-order valence-corrected chi connectivity index (χ4v) is 3.70. The zero-order valence-electron chi connectivity index (χ0n) is 15.9. The molecule has 0 radical (unpaired) electrons. The lowest BCUT2D eigenvalue weighted by atomic mass is 9.92. The molecule has 1 aliphatic rings. The average molecular weight is 363 g/mol. The zero-order chi connectivity index (χ0) is 19.1. The van der Waals surface area contributed by atoms with Gasteiger partial charge < -0.3 is 10.1 Å². The second-order valence-electron chi connectivity index (χ2n) is 6.71. The topological polar surface area (TPSA) is 84.7 Å². The van der Waals surface area contributed by atoms with Gasteiger partial charge in [-0.2, -0.15) is 0 Å². The number of hydrogen-bond donors (Lipinski definition) is 1. The van der Waals surface area contributed by atoms with Crippen LogP contribution in [0.15, 0.2) is 18.2 Å². The van der Waals surface area contributed by atoms with Crippen LogP contribution in [0.2, 0.25) is 0 Å². The van der Waals surface area contributed by atoms with Crippen molar-refractivity contribution < 1.29 is 14.5 Å². The largest absolute Gasteiger partial charge is 0.379 e. The monoisotopic (exact) mass is 363 g/mol. The van der Waals surface area contributed by atoms with Gasteiger partial charge >= 0.3 is 0 Å². The maximum absolute atomic E-state index is 12.6. The van der Waals surface area contributed by atoms with Gasteiger partial charge in [0.2, 0.25) is 0 Å². The van der Waals surface area contributed by atoms with E-state index in [-0.39, 0.29) is 17.6 Å². The zero-order valence-corrected chi connectivity index (χ0v) is 15.9. The van der Waals surface area contributed by atoms with Gasteiger partial charge in [0.05, 0.1) is 18.1 Å². The number of benzene rings is 1. The minimum atomic E-state index is -0.452. The molecule has 26 heavy (non-hydrogen) atoms. The highest BCUT2D eigenvalue weighted by Gasteiger charge is 2.28. The highest BCUT2D eigenvalue weighted by molar-refractivity contribution is 5.96. The molecule has 7 heteroatoms. The Balaban J connectivity index is 2.11. The van der Waals surface area contributed by atoms with Crippen molar-refractivity contribution in [1.29, 1.82) is 0 Å². The Bertz CT molecular complexity index is 625. The number of morpholine rings is 1. The van der Waals surface area contributed by atoms with E-state index < -0.39 is 4.92 Å². The summed E-state index contributed by atoms with van der Waals surface area (Å²) in [6.07, 6.45) is 2.09. The van der Waals surface area contributed by atoms with Gasteiger partial charge in [0.1, 0.15) is 0 Å². The number of nitro benzene ring substituents is 1. The van der Waals surface area contributed by atoms with Crippen LogP contribution in [0.4, 0.5) is 5.69 Å². The molecular formula is C19H29N3O4. The molecule has 2 rings (SSSR count). The minimum Gasteiger partial charge on any atom is -0.379 e. The second-order valence-corrected chi connectivity index (χ2v) is 6.71. The summed E-state index contributed by atoms with van der Waals surface area (Å²) in [5, 5.41) is 14.1. The summed E-state index contributed by atoms with van der Waals surface area (Å²) in [7, 11) is 0. The molecule has 1 saturated heterocycles. The SMILES string of the molecule is CCC(CC)C(CNC(=O)c1cccc([N+](=O)[O-])c1C)N1CCOCC1. The highest BCUT2D eigenvalue weighted by Crippen LogP contribution is 2.22. The number of amides is 1. The predicted molar refractivity (Wildman–Crippen MR) is 100 cm³/mol. The first-order chi connectivity index (χ1) is 12.5. The first-order valence-corrected chi connectivity index (χ1v) is 9.33. The van der Waals surface area contributed by atoms with Crippen molar-refractivity contribution >= 4 is 11.6 Å². The second kappa shape index (κ2) is 9.64. The van der Waals surface area contributed by atoms with Gasteiger partial charge in [-0.05, 0) is 18.9 Å². The summed E-state index contributed by atoms with van der Waals surface area (Å²) in [6, 6.07) is 4.86. The van der Waals surface area contributed by atoms with E-state index >= 15 is 0 Å². The van der Waals surface area contributed by atoms with Crippen LogP contribution in [0.1, 0.15) is 42.6 Å². The van der Waals surface area contributed by atoms with Crippen molar-refractivity contribution in [3.8, 4) is 0 Å². The third-order valence-electron chi connectivity index (χ3n) is 5.33. The number of nitro groups is 1. The number of nitrogens with zero attached hydrogens (tertiary/aromatic N) is 2. The Labute approximate surface area is 154 Å². The van der Waals surface area contributed by atoms with E-state index in [9.17, 15) is 14.9 Å². The fourth-order valence-electron chi connectivity index (χ4n) is 3.70. The number of nitrogens with one attached hydrogen (secondary N) is 1. The van der Waals surface area contributed by atoms with Gasteiger partial charge in [0, 0.05) is 42.9 Å². The molecule has 1 amide bonds. The molecule has 1 fully saturated rings. The molecule has 1 unspecified atom stereocenters. The lowest BCUT2D eigenvalue weighted by Gasteiger charge is -2.38. The third kappa shape index (κ3) is 4.80. The summed E-state index contributed by atoms with van der Waals surface area (Å²) < 4.78 is 5.45. The molecule has 1 N–H and O–H groups in total. The van der Waals surface area contributed by atoms with E-state index in [0.717, 1.165) is 25.9 Å². The maximum Gasteiger partial charge on any atom is 0.273 e. The van der Waals surface area contributed by atoms with Gasteiger partial charge in [-0.25, -0.2) is 0 Å². The molecule has 1 aliphatic heterocycles. The van der Waals surface area contributed by atoms with Crippen LogP contribution in [0.3, 0.4) is 0 Å². The average Bonchev–Trinajstić information content (AvgIpc) is 2.65. The van der Waals surface area contributed by atoms with Crippen molar-refractivity contribution in [2.75, 3.05) is 32.8 Å². The number of carbonyl (C=O) groups excluding carboxylic acids is 1. The Morgan fingerprint density at radius 2 is 1.96 bits per heavy atom. The molecule has 0 aliphatic carbocycles. The Hall–Kier alpha value is -1.99. The molecular weight excluding hydrogens is 334 g/mol. The van der Waals surface area contributed by atoms with Crippen LogP contribution in [-0.4, -0.2) is 54.6 Å². The van der Waals surface area contributed by atoms with E-state index in [4.69, 9.17) is 4.74 Å². The predicted octanol–water partition coefficient (Wildman–Crippen LogP) is 2.77. The number of ether oxygens (including phenoxy) is 1. The normalized spacial score (nSPS) is 16.5. The van der Waals surface area contributed by atoms with E-state index in [0.29, 0.717) is 36.8 Å². The van der Waals surface area contributed by atoms with E-state index in [1.807, 2.05) is 0 Å². The Kier molecular flexibility index (Phi) is 7.53. The molecule has 1 aromatic carbocycles. The number of hydrogen-bond acceptors (Lipinski definition) is 5. The maximum atomic E-state index is 12.6. The van der Waals surface area contributed by atoms with E-state index in [2.05, 4.69) is 24.1 Å². The van der Waals surface area contributed by atoms with Crippen molar-refractivity contribution in [3.05, 3.63) is 39.4 Å². The van der Waals surface area contributed by atoms with Crippen molar-refractivity contribution in [2.24, 2.45) is 5.92 Å². The van der Waals surface area contributed by atoms with Gasteiger partial charge in [0.15, 0.2) is 0 Å². The molecule has 1 atom stereocenters. The van der Waals surface area contributed by atoms with Gasteiger partial charge in [-0.15, -0.1) is 0 Å². The third-order valence-corrected chi connectivity index (χ3v) is 5.33. The first kappa shape index (κ1) is 20.3. The van der Waals surface area contributed by atoms with Crippen LogP contribution in [0, 0.1) is 23.0 Å². The van der Waals surface area contributed by atoms with Gasteiger partial charge in [-0.3, -0.25) is 19.8 Å². The van der Waals surface area contributed by atoms with Crippen molar-refractivity contribution in [3.63, 3.8) is 0 Å². The Morgan fingerprint density at radius 3 is 2.54 bits per heavy atom. The molecule has 1 heterocycles. The summed E-state index contributed by atoms with van der Waals surface area (Å²) in [5.74, 6) is 0.232. The van der Waals surface area contributed by atoms with E-state index in [1.165, 1.54) is 6.07 Å². The number of rotatable bonds is 8. The fraction of sp³-hybridized carbons (Fsp3) is 0.632. The molecule has 0 aromatic heterocycles. The van der Waals surface area contributed by atoms with Crippen LogP contribution in [0.5, 0.6) is 0 Å². The van der Waals surface area contributed by atoms with Gasteiger partial charge in [0.25, 0.3) is 11.6 Å². The summed E-state index contributed by atoms with van der Waals surface area (Å²) >= 11 is 0. The Morgan fingerprint density at radius 1 is 1.31 bits per heavy atom. The summed E-state index contributed by atoms with van der Waals surface area (Å²) in [6.45, 7) is 9.67. The summed E-state index contributed by atoms with van der Waals surface area (Å²) in [4.78, 5) is 25.7. The van der Waals surface area contributed by atoms with E-state index in [1.54, 1.807) is 19.1 Å². The number of carbonyl (C=O) groups is 1. The van der Waals surface area contributed by atoms with Crippen LogP contribution < -0.4 is 5.32 Å². The minimum absolute atomic E-state index is 0.0256. The molecule has 144 valence electrons. The lowest BCUT2D eigenvalue weighted by molar-refractivity contribution is -0.385. The van der Waals surface area contributed by atoms with Crippen LogP contribution >= 0.6 is 0 Å². The molecule has 0 saturated carbocycles.